The van der Waals surface area contributed by atoms with Gasteiger partial charge in [-0.15, -0.1) is 11.3 Å². The average molecular weight is 582 g/mol. The number of furan rings is 1. The van der Waals surface area contributed by atoms with Crippen LogP contribution in [0.3, 0.4) is 0 Å². The van der Waals surface area contributed by atoms with Gasteiger partial charge in [-0.05, 0) is 41.5 Å². The van der Waals surface area contributed by atoms with E-state index in [1.54, 1.807) is 0 Å². The maximum absolute atomic E-state index is 6.47. The molecule has 5 heteroatoms. The van der Waals surface area contributed by atoms with Crippen LogP contribution in [0.4, 0.5) is 0 Å². The summed E-state index contributed by atoms with van der Waals surface area (Å²) in [6.45, 7) is 0. The summed E-state index contributed by atoms with van der Waals surface area (Å²) in [4.78, 5) is 14.7. The monoisotopic (exact) mass is 581 g/mol. The Labute approximate surface area is 256 Å². The van der Waals surface area contributed by atoms with Gasteiger partial charge in [-0.25, -0.2) is 15.0 Å². The highest BCUT2D eigenvalue weighted by Gasteiger charge is 2.17. The molecule has 9 rings (SSSR count). The lowest BCUT2D eigenvalue weighted by molar-refractivity contribution is 0.669. The second-order valence-corrected chi connectivity index (χ2v) is 11.9. The molecule has 0 saturated heterocycles. The lowest BCUT2D eigenvalue weighted by atomic mass is 9.98. The number of fused-ring (bicyclic) bond motifs is 6. The Morgan fingerprint density at radius 2 is 1.02 bits per heavy atom. The van der Waals surface area contributed by atoms with Gasteiger partial charge >= 0.3 is 0 Å². The fraction of sp³-hybridized carbons (Fsp3) is 0. The van der Waals surface area contributed by atoms with Gasteiger partial charge in [-0.1, -0.05) is 109 Å². The van der Waals surface area contributed by atoms with Gasteiger partial charge in [0.2, 0.25) is 0 Å². The van der Waals surface area contributed by atoms with Crippen molar-refractivity contribution in [2.75, 3.05) is 0 Å². The molecule has 6 aromatic carbocycles. The first-order chi connectivity index (χ1) is 21.8. The van der Waals surface area contributed by atoms with Gasteiger partial charge in [0.25, 0.3) is 0 Å². The van der Waals surface area contributed by atoms with Crippen LogP contribution in [0.15, 0.2) is 144 Å². The van der Waals surface area contributed by atoms with Crippen LogP contribution in [0.25, 0.3) is 87.4 Å². The van der Waals surface area contributed by atoms with Gasteiger partial charge in [-0.3, -0.25) is 0 Å². The van der Waals surface area contributed by atoms with Gasteiger partial charge in [0.1, 0.15) is 11.2 Å². The lowest BCUT2D eigenvalue weighted by Crippen LogP contribution is -2.00. The van der Waals surface area contributed by atoms with E-state index in [0.717, 1.165) is 44.2 Å². The maximum atomic E-state index is 6.47. The SMILES string of the molecule is c1ccc(-c2nc(-c3ccccc3)nc(-c3ccc4c(c3)oc3cccc(-c5ccc6c(c5)sc5ccccc56)c34)n2)cc1. The number of aromatic nitrogens is 3. The molecule has 0 aliphatic heterocycles. The third-order valence-electron chi connectivity index (χ3n) is 8.14. The first-order valence-electron chi connectivity index (χ1n) is 14.5. The third kappa shape index (κ3) is 4.09. The van der Waals surface area contributed by atoms with Crippen molar-refractivity contribution in [2.45, 2.75) is 0 Å². The van der Waals surface area contributed by atoms with Crippen molar-refractivity contribution in [1.29, 1.82) is 0 Å². The van der Waals surface area contributed by atoms with Crippen LogP contribution in [-0.4, -0.2) is 15.0 Å². The van der Waals surface area contributed by atoms with Gasteiger partial charge in [0.05, 0.1) is 0 Å². The average Bonchev–Trinajstić information content (AvgIpc) is 3.66. The predicted octanol–water partition coefficient (Wildman–Crippen LogP) is 10.8. The number of thiophene rings is 1. The van der Waals surface area contributed by atoms with E-state index in [1.165, 1.54) is 25.7 Å². The van der Waals surface area contributed by atoms with E-state index < -0.39 is 0 Å². The third-order valence-corrected chi connectivity index (χ3v) is 9.28. The molecule has 0 radical (unpaired) electrons. The maximum Gasteiger partial charge on any atom is 0.164 e. The van der Waals surface area contributed by atoms with Gasteiger partial charge in [-0.2, -0.15) is 0 Å². The molecule has 0 amide bonds. The predicted molar refractivity (Wildman–Crippen MR) is 182 cm³/mol. The van der Waals surface area contributed by atoms with Crippen LogP contribution in [-0.2, 0) is 0 Å². The fourth-order valence-corrected chi connectivity index (χ4v) is 7.18. The van der Waals surface area contributed by atoms with Crippen LogP contribution in [0.5, 0.6) is 0 Å². The highest BCUT2D eigenvalue weighted by atomic mass is 32.1. The molecule has 4 nitrogen and oxygen atoms in total. The minimum atomic E-state index is 0.607. The summed E-state index contributed by atoms with van der Waals surface area (Å²) in [6, 6.07) is 48.0. The van der Waals surface area contributed by atoms with Crippen LogP contribution >= 0.6 is 11.3 Å². The van der Waals surface area contributed by atoms with E-state index in [4.69, 9.17) is 19.4 Å². The Balaban J connectivity index is 1.20. The highest BCUT2D eigenvalue weighted by molar-refractivity contribution is 7.25. The van der Waals surface area contributed by atoms with Crippen LogP contribution in [0, 0.1) is 0 Å². The normalized spacial score (nSPS) is 11.6. The molecule has 206 valence electrons. The molecule has 0 N–H and O–H groups in total. The molecule has 0 bridgehead atoms. The second-order valence-electron chi connectivity index (χ2n) is 10.8. The zero-order chi connectivity index (χ0) is 29.0. The van der Waals surface area contributed by atoms with Crippen molar-refractivity contribution in [3.63, 3.8) is 0 Å². The summed E-state index contributed by atoms with van der Waals surface area (Å²) in [6.07, 6.45) is 0. The van der Waals surface area contributed by atoms with E-state index in [0.29, 0.717) is 17.5 Å². The molecule has 0 aliphatic rings. The van der Waals surface area contributed by atoms with Crippen molar-refractivity contribution in [2.24, 2.45) is 0 Å². The number of benzene rings is 6. The summed E-state index contributed by atoms with van der Waals surface area (Å²) < 4.78 is 9.07. The summed E-state index contributed by atoms with van der Waals surface area (Å²) in [5.74, 6) is 1.88. The van der Waals surface area contributed by atoms with Gasteiger partial charge < -0.3 is 4.42 Å². The molecule has 0 fully saturated rings. The molecule has 3 heterocycles. The van der Waals surface area contributed by atoms with E-state index in [-0.39, 0.29) is 0 Å². The van der Waals surface area contributed by atoms with Gasteiger partial charge in [0, 0.05) is 47.6 Å². The fourth-order valence-electron chi connectivity index (χ4n) is 6.04. The Bertz CT molecular complexity index is 2440. The lowest BCUT2D eigenvalue weighted by Gasteiger charge is -2.08. The van der Waals surface area contributed by atoms with E-state index in [9.17, 15) is 0 Å². The molecule has 0 spiro atoms. The summed E-state index contributed by atoms with van der Waals surface area (Å²) in [7, 11) is 0. The smallest absolute Gasteiger partial charge is 0.164 e. The Kier molecular flexibility index (Phi) is 5.64. The molecule has 44 heavy (non-hydrogen) atoms. The molecular formula is C39H23N3OS. The minimum Gasteiger partial charge on any atom is -0.456 e. The van der Waals surface area contributed by atoms with Crippen LogP contribution in [0.2, 0.25) is 0 Å². The van der Waals surface area contributed by atoms with E-state index >= 15 is 0 Å². The first kappa shape index (κ1) is 24.9. The van der Waals surface area contributed by atoms with E-state index in [1.807, 2.05) is 84.1 Å². The van der Waals surface area contributed by atoms with Crippen molar-refractivity contribution in [1.82, 2.24) is 15.0 Å². The number of rotatable bonds is 4. The Morgan fingerprint density at radius 1 is 0.409 bits per heavy atom. The zero-order valence-corrected chi connectivity index (χ0v) is 24.3. The number of nitrogens with zero attached hydrogens (tertiary/aromatic N) is 3. The van der Waals surface area contributed by atoms with Crippen LogP contribution < -0.4 is 0 Å². The molecule has 9 aromatic rings. The molecule has 3 aromatic heterocycles. The van der Waals surface area contributed by atoms with Gasteiger partial charge in [0.15, 0.2) is 17.5 Å². The summed E-state index contributed by atoms with van der Waals surface area (Å²) >= 11 is 1.84. The Hall–Kier alpha value is -5.65. The Morgan fingerprint density at radius 3 is 1.77 bits per heavy atom. The highest BCUT2D eigenvalue weighted by Crippen LogP contribution is 2.41. The van der Waals surface area contributed by atoms with Crippen molar-refractivity contribution < 1.29 is 4.42 Å². The standard InChI is InChI=1S/C39H23N3OS/c1-3-10-24(11-4-1)37-40-38(25-12-5-2-6-13-25)42-39(41-37)27-19-21-31-33(22-27)43-32-16-9-15-28(36(31)32)26-18-20-30-29-14-7-8-17-34(29)44-35(30)23-26/h1-23H. The molecular weight excluding hydrogens is 559 g/mol. The largest absolute Gasteiger partial charge is 0.456 e. The summed E-state index contributed by atoms with van der Waals surface area (Å²) in [5.41, 5.74) is 6.76. The quantitative estimate of drug-likeness (QED) is 0.207. The number of hydrogen-bond acceptors (Lipinski definition) is 5. The molecule has 0 saturated carbocycles. The van der Waals surface area contributed by atoms with Crippen molar-refractivity contribution in [3.05, 3.63) is 140 Å². The topological polar surface area (TPSA) is 51.8 Å². The first-order valence-corrected chi connectivity index (χ1v) is 15.3. The minimum absolute atomic E-state index is 0.607. The van der Waals surface area contributed by atoms with E-state index in [2.05, 4.69) is 66.7 Å². The van der Waals surface area contributed by atoms with Crippen molar-refractivity contribution in [3.8, 4) is 45.3 Å². The number of hydrogen-bond donors (Lipinski definition) is 0. The molecule has 0 aliphatic carbocycles. The second kappa shape index (κ2) is 9.97. The summed E-state index contributed by atoms with van der Waals surface area (Å²) in [5, 5.41) is 4.78. The van der Waals surface area contributed by atoms with Crippen molar-refractivity contribution >= 4 is 53.4 Å². The zero-order valence-electron chi connectivity index (χ0n) is 23.4. The molecule has 0 atom stereocenters. The van der Waals surface area contributed by atoms with Crippen LogP contribution in [0.1, 0.15) is 0 Å². The molecule has 0 unspecified atom stereocenters.